The van der Waals surface area contributed by atoms with Gasteiger partial charge in [0.05, 0.1) is 23.7 Å². The molecule has 1 aromatic carbocycles. The van der Waals surface area contributed by atoms with Crippen molar-refractivity contribution >= 4 is 40.8 Å². The number of esters is 1. The van der Waals surface area contributed by atoms with Gasteiger partial charge in [0.25, 0.3) is 0 Å². The normalized spacial score (nSPS) is 22.1. The molecule has 2 fully saturated rings. The molecule has 5 rings (SSSR count). The predicted molar refractivity (Wildman–Crippen MR) is 148 cm³/mol. The van der Waals surface area contributed by atoms with Crippen LogP contribution in [0.5, 0.6) is 0 Å². The molecule has 0 saturated carbocycles. The molecule has 208 valence electrons. The van der Waals surface area contributed by atoms with Crippen molar-refractivity contribution in [2.24, 2.45) is 10.4 Å². The topological polar surface area (TPSA) is 90.4 Å². The summed E-state index contributed by atoms with van der Waals surface area (Å²) in [5.41, 5.74) is 1.24. The van der Waals surface area contributed by atoms with E-state index in [1.165, 1.54) is 24.5 Å². The second-order valence-corrected chi connectivity index (χ2v) is 12.4. The van der Waals surface area contributed by atoms with Crippen molar-refractivity contribution in [1.82, 2.24) is 25.0 Å². The molecule has 2 amide bonds. The van der Waals surface area contributed by atoms with Crippen LogP contribution in [0.4, 0.5) is 9.18 Å². The van der Waals surface area contributed by atoms with Crippen LogP contribution in [-0.4, -0.2) is 89.9 Å². The molecule has 0 bridgehead atoms. The number of piperazine rings is 1. The number of aliphatic imine (C=N–C) groups is 1. The van der Waals surface area contributed by atoms with Crippen molar-refractivity contribution in [3.05, 3.63) is 62.5 Å². The molecular weight excluding hydrogens is 543 g/mol. The number of nitrogens with one attached hydrogen (secondary N) is 1. The lowest BCUT2D eigenvalue weighted by atomic mass is 9.95. The highest BCUT2D eigenvalue weighted by atomic mass is 35.5. The molecule has 12 heteroatoms. The Labute approximate surface area is 236 Å². The molecule has 2 atom stereocenters. The summed E-state index contributed by atoms with van der Waals surface area (Å²) in [6.07, 6.45) is 1.67. The number of amidine groups is 1. The van der Waals surface area contributed by atoms with Crippen LogP contribution < -0.4 is 5.32 Å². The summed E-state index contributed by atoms with van der Waals surface area (Å²) in [5.74, 6) is -0.689. The number of benzene rings is 1. The molecule has 2 unspecified atom stereocenters. The van der Waals surface area contributed by atoms with Gasteiger partial charge >= 0.3 is 12.0 Å². The van der Waals surface area contributed by atoms with E-state index < -0.39 is 17.8 Å². The lowest BCUT2D eigenvalue weighted by Gasteiger charge is -2.38. The van der Waals surface area contributed by atoms with Gasteiger partial charge in [-0.25, -0.2) is 19.0 Å². The van der Waals surface area contributed by atoms with E-state index in [1.54, 1.807) is 18.3 Å². The molecule has 0 radical (unpaired) electrons. The molecule has 2 saturated heterocycles. The third-order valence-electron chi connectivity index (χ3n) is 7.00. The number of carbonyl (C=O) groups is 2. The van der Waals surface area contributed by atoms with E-state index in [2.05, 4.69) is 36.0 Å². The van der Waals surface area contributed by atoms with Gasteiger partial charge in [0, 0.05) is 62.1 Å². The van der Waals surface area contributed by atoms with Crippen molar-refractivity contribution in [3.8, 4) is 0 Å². The summed E-state index contributed by atoms with van der Waals surface area (Å²) < 4.78 is 19.7. The highest BCUT2D eigenvalue weighted by Gasteiger charge is 2.42. The van der Waals surface area contributed by atoms with Crippen LogP contribution in [0, 0.1) is 11.2 Å². The summed E-state index contributed by atoms with van der Waals surface area (Å²) in [6.45, 7) is 10.0. The van der Waals surface area contributed by atoms with Gasteiger partial charge in [0.1, 0.15) is 11.9 Å². The van der Waals surface area contributed by atoms with Crippen LogP contribution in [0.2, 0.25) is 5.02 Å². The van der Waals surface area contributed by atoms with Crippen molar-refractivity contribution < 1.29 is 18.7 Å². The van der Waals surface area contributed by atoms with Crippen LogP contribution >= 0.6 is 22.9 Å². The van der Waals surface area contributed by atoms with Crippen molar-refractivity contribution in [2.45, 2.75) is 32.9 Å². The number of rotatable bonds is 6. The van der Waals surface area contributed by atoms with Gasteiger partial charge < -0.3 is 19.9 Å². The van der Waals surface area contributed by atoms with Gasteiger partial charge in [-0.05, 0) is 11.5 Å². The first kappa shape index (κ1) is 27.5. The van der Waals surface area contributed by atoms with Crippen LogP contribution in [-0.2, 0) is 9.53 Å². The zero-order valence-corrected chi connectivity index (χ0v) is 24.0. The van der Waals surface area contributed by atoms with Gasteiger partial charge in [-0.1, -0.05) is 44.5 Å². The van der Waals surface area contributed by atoms with E-state index in [1.807, 2.05) is 15.2 Å². The number of urea groups is 1. The summed E-state index contributed by atoms with van der Waals surface area (Å²) in [6, 6.07) is 3.74. The smallest absolute Gasteiger partial charge is 0.338 e. The van der Waals surface area contributed by atoms with Crippen LogP contribution in [0.1, 0.15) is 37.4 Å². The molecule has 3 aliphatic rings. The number of thiazole rings is 1. The van der Waals surface area contributed by atoms with E-state index in [0.717, 1.165) is 0 Å². The highest BCUT2D eigenvalue weighted by molar-refractivity contribution is 7.11. The Morgan fingerprint density at radius 3 is 2.77 bits per heavy atom. The maximum atomic E-state index is 14.5. The molecule has 4 heterocycles. The van der Waals surface area contributed by atoms with Crippen LogP contribution in [0.3, 0.4) is 0 Å². The number of hydrogen-bond acceptors (Lipinski definition) is 8. The summed E-state index contributed by atoms with van der Waals surface area (Å²) >= 11 is 7.78. The van der Waals surface area contributed by atoms with Gasteiger partial charge in [-0.15, -0.1) is 11.3 Å². The Kier molecular flexibility index (Phi) is 7.67. The number of ether oxygens (including phenoxy) is 1. The summed E-state index contributed by atoms with van der Waals surface area (Å²) in [4.78, 5) is 41.4. The lowest BCUT2D eigenvalue weighted by molar-refractivity contribution is -0.136. The molecule has 1 aromatic heterocycles. The predicted octanol–water partition coefficient (Wildman–Crippen LogP) is 3.92. The first-order valence-electron chi connectivity index (χ1n) is 12.8. The third kappa shape index (κ3) is 5.66. The van der Waals surface area contributed by atoms with E-state index in [-0.39, 0.29) is 28.1 Å². The standard InChI is InChI=1S/C27H32ClFN6O3S/c1-27(2,3)15-34-13-16-12-33(9-10-35(16)26(34)37)14-19-20(25(36)38-4)22(17-6-5-7-18(29)21(17)28)32-23(31-19)24-30-8-11-39-24/h5-8,11,16,22H,9-10,12-15H2,1-4H3,(H,31,32). The quantitative estimate of drug-likeness (QED) is 0.526. The molecule has 39 heavy (non-hydrogen) atoms. The van der Waals surface area contributed by atoms with E-state index in [0.29, 0.717) is 61.4 Å². The van der Waals surface area contributed by atoms with Crippen molar-refractivity contribution in [2.75, 3.05) is 46.4 Å². The maximum absolute atomic E-state index is 14.5. The number of carbonyl (C=O) groups excluding carboxylic acids is 2. The largest absolute Gasteiger partial charge is 0.466 e. The monoisotopic (exact) mass is 574 g/mol. The van der Waals surface area contributed by atoms with Gasteiger partial charge in [0.2, 0.25) is 0 Å². The van der Waals surface area contributed by atoms with E-state index >= 15 is 0 Å². The molecule has 2 aromatic rings. The Hall–Kier alpha value is -3.02. The minimum Gasteiger partial charge on any atom is -0.466 e. The van der Waals surface area contributed by atoms with Crippen LogP contribution in [0.15, 0.2) is 46.0 Å². The number of hydrogen-bond donors (Lipinski definition) is 1. The SMILES string of the molecule is COC(=O)C1=C(CN2CCN3C(=O)N(CC(C)(C)C)CC3C2)NC(c2nccs2)=NC1c1cccc(F)c1Cl. The van der Waals surface area contributed by atoms with E-state index in [9.17, 15) is 14.0 Å². The second kappa shape index (κ2) is 10.9. The van der Waals surface area contributed by atoms with Crippen molar-refractivity contribution in [1.29, 1.82) is 0 Å². The van der Waals surface area contributed by atoms with Gasteiger partial charge in [-0.3, -0.25) is 9.89 Å². The van der Waals surface area contributed by atoms with Gasteiger partial charge in [0.15, 0.2) is 10.8 Å². The Morgan fingerprint density at radius 2 is 2.08 bits per heavy atom. The molecule has 0 spiro atoms. The maximum Gasteiger partial charge on any atom is 0.338 e. The van der Waals surface area contributed by atoms with Gasteiger partial charge in [-0.2, -0.15) is 0 Å². The zero-order valence-electron chi connectivity index (χ0n) is 22.4. The van der Waals surface area contributed by atoms with Crippen molar-refractivity contribution in [3.63, 3.8) is 0 Å². The average molecular weight is 575 g/mol. The minimum absolute atomic E-state index is 0.00890. The number of amides is 2. The zero-order chi connectivity index (χ0) is 27.9. The highest BCUT2D eigenvalue weighted by Crippen LogP contribution is 2.37. The first-order chi connectivity index (χ1) is 18.6. The summed E-state index contributed by atoms with van der Waals surface area (Å²) in [5, 5.41) is 5.70. The molecule has 1 N–H and O–H groups in total. The average Bonchev–Trinajstić information content (AvgIpc) is 3.52. The fourth-order valence-corrected chi connectivity index (χ4v) is 6.21. The Bertz CT molecular complexity index is 1330. The molecule has 9 nitrogen and oxygen atoms in total. The van der Waals surface area contributed by atoms with Crippen LogP contribution in [0.25, 0.3) is 0 Å². The Morgan fingerprint density at radius 1 is 1.28 bits per heavy atom. The minimum atomic E-state index is -0.882. The number of aromatic nitrogens is 1. The number of halogens is 2. The number of fused-ring (bicyclic) bond motifs is 1. The molecule has 3 aliphatic heterocycles. The molecular formula is C27H32ClFN6O3S. The fourth-order valence-electron chi connectivity index (χ4n) is 5.39. The Balaban J connectivity index is 1.46. The lowest BCUT2D eigenvalue weighted by Crippen LogP contribution is -2.53. The number of methoxy groups -OCH3 is 1. The summed E-state index contributed by atoms with van der Waals surface area (Å²) in [7, 11) is 1.31. The second-order valence-electron chi connectivity index (χ2n) is 11.2. The first-order valence-corrected chi connectivity index (χ1v) is 14.1. The van der Waals surface area contributed by atoms with E-state index in [4.69, 9.17) is 21.3 Å². The number of nitrogens with zero attached hydrogens (tertiary/aromatic N) is 5. The third-order valence-corrected chi connectivity index (χ3v) is 8.18. The molecule has 0 aliphatic carbocycles. The fraction of sp³-hybridized carbons (Fsp3) is 0.481.